The molecule has 0 aromatic heterocycles. The molecule has 0 bridgehead atoms. The highest BCUT2D eigenvalue weighted by Crippen LogP contribution is 1.87. The van der Waals surface area contributed by atoms with Crippen molar-refractivity contribution in [2.75, 3.05) is 11.0 Å². The normalized spacial score (nSPS) is 12.0. The second-order valence-electron chi connectivity index (χ2n) is 1.81. The summed E-state index contributed by atoms with van der Waals surface area (Å²) in [6.07, 6.45) is 2.03. The Labute approximate surface area is 70.1 Å². The van der Waals surface area contributed by atoms with E-state index in [0.29, 0.717) is 0 Å². The Morgan fingerprint density at radius 3 is 2.78 bits per heavy atom. The molecular formula is C6H13IN2. The van der Waals surface area contributed by atoms with Gasteiger partial charge in [-0.25, -0.2) is 0 Å². The van der Waals surface area contributed by atoms with E-state index in [1.165, 1.54) is 0 Å². The Bertz CT molecular complexity index is 91.1. The maximum atomic E-state index is 5.52. The zero-order valence-corrected chi connectivity index (χ0v) is 7.89. The van der Waals surface area contributed by atoms with Gasteiger partial charge in [0.05, 0.1) is 5.84 Å². The van der Waals surface area contributed by atoms with Crippen LogP contribution in [0.3, 0.4) is 0 Å². The first-order chi connectivity index (χ1) is 4.31. The van der Waals surface area contributed by atoms with Crippen LogP contribution in [0.15, 0.2) is 4.99 Å². The van der Waals surface area contributed by atoms with Crippen molar-refractivity contribution in [1.82, 2.24) is 0 Å². The van der Waals surface area contributed by atoms with Crippen LogP contribution in [0.25, 0.3) is 0 Å². The Morgan fingerprint density at radius 1 is 1.67 bits per heavy atom. The first-order valence-corrected chi connectivity index (χ1v) is 4.68. The predicted molar refractivity (Wildman–Crippen MR) is 50.3 cm³/mol. The molecule has 0 aliphatic rings. The number of nitrogens with zero attached hydrogens (tertiary/aromatic N) is 1. The molecule has 0 saturated heterocycles. The molecule has 0 saturated carbocycles. The first-order valence-electron chi connectivity index (χ1n) is 3.16. The highest BCUT2D eigenvalue weighted by molar-refractivity contribution is 14.1. The fourth-order valence-electron chi connectivity index (χ4n) is 0.521. The summed E-state index contributed by atoms with van der Waals surface area (Å²) in [5, 5.41) is 0. The van der Waals surface area contributed by atoms with E-state index in [-0.39, 0.29) is 0 Å². The molecule has 0 amide bonds. The van der Waals surface area contributed by atoms with E-state index in [4.69, 9.17) is 5.73 Å². The van der Waals surface area contributed by atoms with Crippen molar-refractivity contribution >= 4 is 28.4 Å². The van der Waals surface area contributed by atoms with Crippen LogP contribution in [0, 0.1) is 0 Å². The van der Waals surface area contributed by atoms with Crippen molar-refractivity contribution in [2.24, 2.45) is 10.7 Å². The number of halogens is 1. The van der Waals surface area contributed by atoms with E-state index in [2.05, 4.69) is 34.5 Å². The van der Waals surface area contributed by atoms with Gasteiger partial charge in [-0.2, -0.15) is 0 Å². The lowest BCUT2D eigenvalue weighted by Gasteiger charge is -1.94. The van der Waals surface area contributed by atoms with Crippen molar-refractivity contribution < 1.29 is 0 Å². The second kappa shape index (κ2) is 6.32. The standard InChI is InChI=1S/C6H13IN2/c1-2-3-6(8)9-5-4-7/h2-5H2,1H3,(H2,8,9). The Balaban J connectivity index is 3.30. The summed E-state index contributed by atoms with van der Waals surface area (Å²) in [7, 11) is 0. The van der Waals surface area contributed by atoms with Crippen molar-refractivity contribution in [3.63, 3.8) is 0 Å². The SMILES string of the molecule is CCCC(N)=NCCI. The molecule has 0 aromatic carbocycles. The van der Waals surface area contributed by atoms with E-state index in [1.54, 1.807) is 0 Å². The average molecular weight is 240 g/mol. The minimum absolute atomic E-state index is 0.800. The molecule has 0 heterocycles. The van der Waals surface area contributed by atoms with E-state index in [1.807, 2.05) is 0 Å². The summed E-state index contributed by atoms with van der Waals surface area (Å²) >= 11 is 2.29. The van der Waals surface area contributed by atoms with Crippen LogP contribution >= 0.6 is 22.6 Å². The highest BCUT2D eigenvalue weighted by Gasteiger charge is 1.86. The summed E-state index contributed by atoms with van der Waals surface area (Å²) in [5.74, 6) is 0.800. The van der Waals surface area contributed by atoms with Gasteiger partial charge >= 0.3 is 0 Å². The third kappa shape index (κ3) is 6.08. The van der Waals surface area contributed by atoms with Crippen LogP contribution in [0.1, 0.15) is 19.8 Å². The monoisotopic (exact) mass is 240 g/mol. The fraction of sp³-hybridized carbons (Fsp3) is 0.833. The van der Waals surface area contributed by atoms with Crippen molar-refractivity contribution in [3.8, 4) is 0 Å². The highest BCUT2D eigenvalue weighted by atomic mass is 127. The number of hydrogen-bond acceptors (Lipinski definition) is 1. The van der Waals surface area contributed by atoms with E-state index >= 15 is 0 Å². The zero-order valence-electron chi connectivity index (χ0n) is 5.73. The number of hydrogen-bond donors (Lipinski definition) is 1. The molecule has 0 unspecified atom stereocenters. The molecule has 0 atom stereocenters. The van der Waals surface area contributed by atoms with Gasteiger partial charge in [-0.3, -0.25) is 4.99 Å². The average Bonchev–Trinajstić information content (AvgIpc) is 1.85. The maximum absolute atomic E-state index is 5.52. The zero-order chi connectivity index (χ0) is 7.11. The van der Waals surface area contributed by atoms with Gasteiger partial charge < -0.3 is 5.73 Å². The summed E-state index contributed by atoms with van der Waals surface area (Å²) in [6, 6.07) is 0. The van der Waals surface area contributed by atoms with Crippen molar-refractivity contribution in [2.45, 2.75) is 19.8 Å². The Hall–Kier alpha value is 0.200. The molecule has 2 nitrogen and oxygen atoms in total. The summed E-state index contributed by atoms with van der Waals surface area (Å²) in [5.41, 5.74) is 5.52. The van der Waals surface area contributed by atoms with Gasteiger partial charge in [0.2, 0.25) is 0 Å². The lowest BCUT2D eigenvalue weighted by Crippen LogP contribution is -2.11. The van der Waals surface area contributed by atoms with Crippen molar-refractivity contribution in [3.05, 3.63) is 0 Å². The van der Waals surface area contributed by atoms with Gasteiger partial charge in [-0.1, -0.05) is 29.5 Å². The van der Waals surface area contributed by atoms with Crippen LogP contribution in [-0.4, -0.2) is 16.8 Å². The van der Waals surface area contributed by atoms with E-state index < -0.39 is 0 Å². The smallest absolute Gasteiger partial charge is 0.0937 e. The largest absolute Gasteiger partial charge is 0.387 e. The summed E-state index contributed by atoms with van der Waals surface area (Å²) in [6.45, 7) is 2.97. The van der Waals surface area contributed by atoms with Crippen LogP contribution in [0.2, 0.25) is 0 Å². The quantitative estimate of drug-likeness (QED) is 0.344. The maximum Gasteiger partial charge on any atom is 0.0937 e. The number of aliphatic imine (C=N–C) groups is 1. The third-order valence-corrected chi connectivity index (χ3v) is 1.39. The number of rotatable bonds is 4. The van der Waals surface area contributed by atoms with Crippen LogP contribution < -0.4 is 5.73 Å². The van der Waals surface area contributed by atoms with Gasteiger partial charge in [0, 0.05) is 17.4 Å². The predicted octanol–water partition coefficient (Wildman–Crippen LogP) is 1.58. The molecule has 3 heteroatoms. The molecule has 0 radical (unpaired) electrons. The Kier molecular flexibility index (Phi) is 6.46. The Morgan fingerprint density at radius 2 is 2.33 bits per heavy atom. The van der Waals surface area contributed by atoms with Crippen LogP contribution in [0.4, 0.5) is 0 Å². The first kappa shape index (κ1) is 9.20. The van der Waals surface area contributed by atoms with Gasteiger partial charge in [-0.05, 0) is 6.42 Å². The van der Waals surface area contributed by atoms with Crippen molar-refractivity contribution in [1.29, 1.82) is 0 Å². The lowest BCUT2D eigenvalue weighted by molar-refractivity contribution is 0.968. The molecule has 2 N–H and O–H groups in total. The number of alkyl halides is 1. The third-order valence-electron chi connectivity index (χ3n) is 0.906. The molecule has 9 heavy (non-hydrogen) atoms. The van der Waals surface area contributed by atoms with Crippen LogP contribution in [-0.2, 0) is 0 Å². The fourth-order valence-corrected chi connectivity index (χ4v) is 0.762. The molecular weight excluding hydrogens is 227 g/mol. The van der Waals surface area contributed by atoms with E-state index in [9.17, 15) is 0 Å². The molecule has 0 rings (SSSR count). The van der Waals surface area contributed by atoms with Gasteiger partial charge in [0.25, 0.3) is 0 Å². The molecule has 0 spiro atoms. The summed E-state index contributed by atoms with van der Waals surface area (Å²) < 4.78 is 1.06. The topological polar surface area (TPSA) is 38.4 Å². The van der Waals surface area contributed by atoms with Gasteiger partial charge in [0.15, 0.2) is 0 Å². The summed E-state index contributed by atoms with van der Waals surface area (Å²) in [4.78, 5) is 4.12. The molecule has 0 aliphatic carbocycles. The number of amidine groups is 1. The molecule has 0 fully saturated rings. The minimum Gasteiger partial charge on any atom is -0.387 e. The second-order valence-corrected chi connectivity index (χ2v) is 2.89. The molecule has 0 aliphatic heterocycles. The van der Waals surface area contributed by atoms with E-state index in [0.717, 1.165) is 29.6 Å². The molecule has 54 valence electrons. The minimum atomic E-state index is 0.800. The lowest BCUT2D eigenvalue weighted by atomic mass is 10.3. The van der Waals surface area contributed by atoms with Crippen LogP contribution in [0.5, 0.6) is 0 Å². The number of nitrogens with two attached hydrogens (primary N) is 1. The molecule has 0 aromatic rings. The van der Waals surface area contributed by atoms with Gasteiger partial charge in [0.1, 0.15) is 0 Å². The van der Waals surface area contributed by atoms with Gasteiger partial charge in [-0.15, -0.1) is 0 Å².